The molecule has 0 radical (unpaired) electrons. The highest BCUT2D eigenvalue weighted by Gasteiger charge is 2.18. The fourth-order valence-electron chi connectivity index (χ4n) is 2.10. The van der Waals surface area contributed by atoms with Crippen LogP contribution in [0, 0.1) is 0 Å². The number of hydrogen-bond donors (Lipinski definition) is 1. The third-order valence-electron chi connectivity index (χ3n) is 2.98. The quantitative estimate of drug-likeness (QED) is 0.898. The van der Waals surface area contributed by atoms with E-state index in [1.807, 2.05) is 13.4 Å². The van der Waals surface area contributed by atoms with Gasteiger partial charge in [0.1, 0.15) is 0 Å². The van der Waals surface area contributed by atoms with Crippen LogP contribution in [0.4, 0.5) is 0 Å². The van der Waals surface area contributed by atoms with Crippen molar-refractivity contribution in [3.05, 3.63) is 48.0 Å². The minimum Gasteiger partial charge on any atom is -0.314 e. The molecule has 0 aliphatic heterocycles. The van der Waals surface area contributed by atoms with Gasteiger partial charge in [-0.3, -0.25) is 0 Å². The van der Waals surface area contributed by atoms with Crippen molar-refractivity contribution in [2.75, 3.05) is 7.05 Å². The largest absolute Gasteiger partial charge is 0.314 e. The Hall–Kier alpha value is -1.61. The number of hydrogen-bond acceptors (Lipinski definition) is 2. The van der Waals surface area contributed by atoms with Crippen molar-refractivity contribution in [1.29, 1.82) is 0 Å². The van der Waals surface area contributed by atoms with Gasteiger partial charge in [0.2, 0.25) is 0 Å². The third-order valence-corrected chi connectivity index (χ3v) is 2.98. The van der Waals surface area contributed by atoms with E-state index >= 15 is 0 Å². The van der Waals surface area contributed by atoms with Crippen LogP contribution in [-0.4, -0.2) is 16.6 Å². The van der Waals surface area contributed by atoms with Gasteiger partial charge in [-0.2, -0.15) is 0 Å². The predicted octanol–water partition coefficient (Wildman–Crippen LogP) is 2.89. The fraction of sp³-hybridized carbons (Fsp3) is 0.400. The van der Waals surface area contributed by atoms with E-state index in [4.69, 9.17) is 0 Å². The van der Waals surface area contributed by atoms with Gasteiger partial charge < -0.3 is 9.88 Å². The van der Waals surface area contributed by atoms with Crippen molar-refractivity contribution in [3.63, 3.8) is 0 Å². The number of nitrogens with one attached hydrogen (secondary N) is 1. The molecule has 0 fully saturated rings. The minimum absolute atomic E-state index is 0.129. The van der Waals surface area contributed by atoms with Crippen LogP contribution in [0.15, 0.2) is 36.8 Å². The Morgan fingerprint density at radius 2 is 1.94 bits per heavy atom. The molecule has 3 heteroatoms. The van der Waals surface area contributed by atoms with Crippen LogP contribution >= 0.6 is 0 Å². The van der Waals surface area contributed by atoms with Gasteiger partial charge in [-0.05, 0) is 24.1 Å². The molecule has 2 aromatic rings. The van der Waals surface area contributed by atoms with E-state index in [2.05, 4.69) is 66.1 Å². The summed E-state index contributed by atoms with van der Waals surface area (Å²) in [5, 5.41) is 3.12. The van der Waals surface area contributed by atoms with Crippen molar-refractivity contribution in [3.8, 4) is 5.69 Å². The molecule has 2 rings (SSSR count). The second-order valence-corrected chi connectivity index (χ2v) is 5.57. The fourth-order valence-corrected chi connectivity index (χ4v) is 2.10. The number of nitrogens with zero attached hydrogens (tertiary/aromatic N) is 2. The maximum absolute atomic E-state index is 4.41. The van der Waals surface area contributed by atoms with Crippen LogP contribution in [0.2, 0.25) is 0 Å². The Kier molecular flexibility index (Phi) is 3.53. The van der Waals surface area contributed by atoms with E-state index in [1.54, 1.807) is 0 Å². The van der Waals surface area contributed by atoms with E-state index in [0.29, 0.717) is 0 Å². The lowest BCUT2D eigenvalue weighted by Gasteiger charge is -2.22. The Morgan fingerprint density at radius 1 is 1.22 bits per heavy atom. The van der Waals surface area contributed by atoms with Gasteiger partial charge in [0.05, 0.1) is 17.7 Å². The average molecular weight is 243 g/mol. The molecule has 96 valence electrons. The average Bonchev–Trinajstić information content (AvgIpc) is 2.77. The summed E-state index contributed by atoms with van der Waals surface area (Å²) in [4.78, 5) is 4.41. The number of benzene rings is 1. The third kappa shape index (κ3) is 2.62. The second-order valence-electron chi connectivity index (χ2n) is 5.57. The lowest BCUT2D eigenvalue weighted by Crippen LogP contribution is -2.14. The molecule has 0 saturated heterocycles. The Labute approximate surface area is 109 Å². The van der Waals surface area contributed by atoms with Crippen LogP contribution in [0.5, 0.6) is 0 Å². The highest BCUT2D eigenvalue weighted by Crippen LogP contribution is 2.28. The van der Waals surface area contributed by atoms with Gasteiger partial charge in [-0.1, -0.05) is 39.0 Å². The molecule has 0 saturated carbocycles. The van der Waals surface area contributed by atoms with Gasteiger partial charge in [0, 0.05) is 12.7 Å². The van der Waals surface area contributed by atoms with E-state index in [1.165, 1.54) is 11.3 Å². The number of rotatable bonds is 3. The van der Waals surface area contributed by atoms with Gasteiger partial charge in [0.15, 0.2) is 0 Å². The van der Waals surface area contributed by atoms with Gasteiger partial charge in [-0.15, -0.1) is 0 Å². The molecular formula is C15H21N3. The molecule has 0 aliphatic rings. The normalized spacial score (nSPS) is 11.8. The van der Waals surface area contributed by atoms with Crippen molar-refractivity contribution >= 4 is 0 Å². The Balaban J connectivity index is 2.43. The first kappa shape index (κ1) is 12.8. The van der Waals surface area contributed by atoms with Crippen molar-refractivity contribution < 1.29 is 0 Å². The van der Waals surface area contributed by atoms with Gasteiger partial charge >= 0.3 is 0 Å². The summed E-state index contributed by atoms with van der Waals surface area (Å²) in [6, 6.07) is 8.50. The highest BCUT2D eigenvalue weighted by molar-refractivity contribution is 5.45. The van der Waals surface area contributed by atoms with Crippen LogP contribution in [0.25, 0.3) is 5.69 Å². The lowest BCUT2D eigenvalue weighted by atomic mass is 9.86. The van der Waals surface area contributed by atoms with Crippen LogP contribution in [0.1, 0.15) is 32.0 Å². The van der Waals surface area contributed by atoms with E-state index in [0.717, 1.165) is 12.2 Å². The predicted molar refractivity (Wildman–Crippen MR) is 75.0 cm³/mol. The summed E-state index contributed by atoms with van der Waals surface area (Å²) >= 11 is 0. The molecule has 1 aromatic carbocycles. The topological polar surface area (TPSA) is 29.9 Å². The molecule has 1 aromatic heterocycles. The molecule has 0 aliphatic carbocycles. The Bertz CT molecular complexity index is 521. The first-order valence-corrected chi connectivity index (χ1v) is 6.29. The van der Waals surface area contributed by atoms with Crippen LogP contribution < -0.4 is 5.32 Å². The second kappa shape index (κ2) is 4.94. The van der Waals surface area contributed by atoms with E-state index in [9.17, 15) is 0 Å². The number of para-hydroxylation sites is 1. The van der Waals surface area contributed by atoms with Gasteiger partial charge in [-0.25, -0.2) is 4.98 Å². The summed E-state index contributed by atoms with van der Waals surface area (Å²) in [5.41, 5.74) is 3.73. The summed E-state index contributed by atoms with van der Waals surface area (Å²) in [6.45, 7) is 7.50. The van der Waals surface area contributed by atoms with Crippen LogP contribution in [0.3, 0.4) is 0 Å². The summed E-state index contributed by atoms with van der Waals surface area (Å²) in [5.74, 6) is 0. The van der Waals surface area contributed by atoms with Gasteiger partial charge in [0.25, 0.3) is 0 Å². The zero-order chi connectivity index (χ0) is 13.2. The first-order valence-electron chi connectivity index (χ1n) is 6.29. The smallest absolute Gasteiger partial charge is 0.0995 e. The van der Waals surface area contributed by atoms with Crippen molar-refractivity contribution in [2.24, 2.45) is 0 Å². The number of imidazole rings is 1. The van der Waals surface area contributed by atoms with Crippen molar-refractivity contribution in [1.82, 2.24) is 14.9 Å². The molecule has 0 bridgehead atoms. The van der Waals surface area contributed by atoms with Crippen molar-refractivity contribution in [2.45, 2.75) is 32.7 Å². The van der Waals surface area contributed by atoms with Crippen LogP contribution in [-0.2, 0) is 12.0 Å². The highest BCUT2D eigenvalue weighted by atomic mass is 15.1. The monoisotopic (exact) mass is 243 g/mol. The molecule has 0 amide bonds. The maximum atomic E-state index is 4.41. The molecule has 1 heterocycles. The molecule has 18 heavy (non-hydrogen) atoms. The summed E-state index contributed by atoms with van der Waals surface area (Å²) < 4.78 is 2.10. The lowest BCUT2D eigenvalue weighted by molar-refractivity contribution is 0.586. The van der Waals surface area contributed by atoms with E-state index < -0.39 is 0 Å². The zero-order valence-corrected chi connectivity index (χ0v) is 11.6. The SMILES string of the molecule is CNCc1cn(-c2ccccc2C(C)(C)C)cn1. The molecule has 0 atom stereocenters. The maximum Gasteiger partial charge on any atom is 0.0995 e. The molecule has 3 nitrogen and oxygen atoms in total. The van der Waals surface area contributed by atoms with E-state index in [-0.39, 0.29) is 5.41 Å². The summed E-state index contributed by atoms with van der Waals surface area (Å²) in [6.07, 6.45) is 3.97. The molecule has 0 unspecified atom stereocenters. The first-order chi connectivity index (χ1) is 8.52. The standard InChI is InChI=1S/C15H21N3/c1-15(2,3)13-7-5-6-8-14(13)18-10-12(9-16-4)17-11-18/h5-8,10-11,16H,9H2,1-4H3. The Morgan fingerprint density at radius 3 is 2.61 bits per heavy atom. The zero-order valence-electron chi connectivity index (χ0n) is 11.6. The summed E-state index contributed by atoms with van der Waals surface area (Å²) in [7, 11) is 1.93. The molecular weight excluding hydrogens is 222 g/mol. The molecule has 0 spiro atoms. The molecule has 1 N–H and O–H groups in total. The minimum atomic E-state index is 0.129. The number of aromatic nitrogens is 2.